The predicted octanol–water partition coefficient (Wildman–Crippen LogP) is 5.51. The van der Waals surface area contributed by atoms with Crippen LogP contribution in [-0.4, -0.2) is 0 Å². The van der Waals surface area contributed by atoms with Gasteiger partial charge in [-0.05, 0) is 61.1 Å². The summed E-state index contributed by atoms with van der Waals surface area (Å²) in [6, 6.07) is 2.30. The average molecular weight is 300 g/mol. The fraction of sp³-hybridized carbons (Fsp3) is 0.700. The number of rotatable bonds is 3. The molecule has 122 valence electrons. The highest BCUT2D eigenvalue weighted by molar-refractivity contribution is 5.70. The van der Waals surface area contributed by atoms with Crippen LogP contribution >= 0.6 is 0 Å². The van der Waals surface area contributed by atoms with Crippen molar-refractivity contribution in [1.29, 1.82) is 0 Å². The van der Waals surface area contributed by atoms with Crippen LogP contribution in [0.2, 0.25) is 0 Å². The Morgan fingerprint density at radius 2 is 1.41 bits per heavy atom. The molecule has 1 aromatic rings. The molecule has 0 aromatic heterocycles. The Kier molecular flexibility index (Phi) is 4.95. The molecule has 4 N–H and O–H groups in total. The van der Waals surface area contributed by atoms with Crippen LogP contribution in [0, 0.1) is 0 Å². The number of benzene rings is 1. The summed E-state index contributed by atoms with van der Waals surface area (Å²) in [5, 5.41) is 0. The molecule has 3 rings (SSSR count). The van der Waals surface area contributed by atoms with Crippen LogP contribution in [0.3, 0.4) is 0 Å². The largest absolute Gasteiger partial charge is 0.398 e. The highest BCUT2D eigenvalue weighted by Crippen LogP contribution is 2.44. The van der Waals surface area contributed by atoms with E-state index in [1.807, 2.05) is 0 Å². The smallest absolute Gasteiger partial charge is 0.0405 e. The van der Waals surface area contributed by atoms with Gasteiger partial charge in [0.1, 0.15) is 0 Å². The molecule has 2 nitrogen and oxygen atoms in total. The van der Waals surface area contributed by atoms with Gasteiger partial charge in [-0.1, -0.05) is 45.4 Å². The van der Waals surface area contributed by atoms with Crippen LogP contribution in [-0.2, 0) is 6.42 Å². The maximum atomic E-state index is 6.65. The van der Waals surface area contributed by atoms with E-state index in [4.69, 9.17) is 11.5 Å². The third-order valence-corrected chi connectivity index (χ3v) is 6.00. The van der Waals surface area contributed by atoms with Gasteiger partial charge in [0.25, 0.3) is 0 Å². The molecule has 22 heavy (non-hydrogen) atoms. The monoisotopic (exact) mass is 300 g/mol. The van der Waals surface area contributed by atoms with E-state index < -0.39 is 0 Å². The molecule has 0 amide bonds. The normalized spacial score (nSPS) is 21.1. The summed E-state index contributed by atoms with van der Waals surface area (Å²) in [5.41, 5.74) is 19.3. The zero-order chi connectivity index (χ0) is 15.5. The summed E-state index contributed by atoms with van der Waals surface area (Å²) in [6.07, 6.45) is 14.3. The van der Waals surface area contributed by atoms with Gasteiger partial charge in [-0.25, -0.2) is 0 Å². The van der Waals surface area contributed by atoms with Gasteiger partial charge in [-0.2, -0.15) is 0 Å². The molecule has 0 heterocycles. The summed E-state index contributed by atoms with van der Waals surface area (Å²) in [6.45, 7) is 2.25. The Labute approximate surface area is 135 Å². The minimum atomic E-state index is 0.597. The zero-order valence-corrected chi connectivity index (χ0v) is 14.2. The summed E-state index contributed by atoms with van der Waals surface area (Å²) in [5.74, 6) is 1.29. The van der Waals surface area contributed by atoms with Gasteiger partial charge in [-0.15, -0.1) is 0 Å². The Bertz CT molecular complexity index is 509. The second kappa shape index (κ2) is 6.93. The minimum absolute atomic E-state index is 0.597. The van der Waals surface area contributed by atoms with Crippen molar-refractivity contribution in [3.8, 4) is 0 Å². The van der Waals surface area contributed by atoms with Crippen molar-refractivity contribution >= 4 is 11.4 Å². The SMILES string of the molecule is CCc1c(C2CCCCC2)cc(N)c(C2CCCCC2)c1N. The Hall–Kier alpha value is -1.18. The third kappa shape index (κ3) is 2.98. The Balaban J connectivity index is 1.98. The summed E-state index contributed by atoms with van der Waals surface area (Å²) >= 11 is 0. The molecule has 0 aliphatic heterocycles. The first-order chi connectivity index (χ1) is 10.7. The van der Waals surface area contributed by atoms with Crippen molar-refractivity contribution in [2.75, 3.05) is 11.5 Å². The lowest BCUT2D eigenvalue weighted by atomic mass is 9.77. The maximum Gasteiger partial charge on any atom is 0.0405 e. The number of hydrogen-bond donors (Lipinski definition) is 2. The van der Waals surface area contributed by atoms with Crippen LogP contribution in [0.5, 0.6) is 0 Å². The van der Waals surface area contributed by atoms with Crippen molar-refractivity contribution < 1.29 is 0 Å². The first-order valence-corrected chi connectivity index (χ1v) is 9.43. The number of anilines is 2. The molecular weight excluding hydrogens is 268 g/mol. The quantitative estimate of drug-likeness (QED) is 0.723. The van der Waals surface area contributed by atoms with Crippen molar-refractivity contribution in [3.05, 3.63) is 22.8 Å². The molecule has 2 saturated carbocycles. The van der Waals surface area contributed by atoms with E-state index >= 15 is 0 Å². The maximum absolute atomic E-state index is 6.65. The van der Waals surface area contributed by atoms with Gasteiger partial charge >= 0.3 is 0 Å². The first kappa shape index (κ1) is 15.7. The molecule has 0 bridgehead atoms. The van der Waals surface area contributed by atoms with Gasteiger partial charge < -0.3 is 11.5 Å². The molecule has 0 spiro atoms. The second-order valence-electron chi connectivity index (χ2n) is 7.38. The molecule has 0 radical (unpaired) electrons. The van der Waals surface area contributed by atoms with E-state index in [2.05, 4.69) is 13.0 Å². The van der Waals surface area contributed by atoms with Crippen LogP contribution in [0.15, 0.2) is 6.07 Å². The van der Waals surface area contributed by atoms with E-state index in [0.29, 0.717) is 11.8 Å². The van der Waals surface area contributed by atoms with Crippen LogP contribution in [0.4, 0.5) is 11.4 Å². The highest BCUT2D eigenvalue weighted by Gasteiger charge is 2.26. The van der Waals surface area contributed by atoms with Gasteiger partial charge in [0.05, 0.1) is 0 Å². The molecule has 2 fully saturated rings. The lowest BCUT2D eigenvalue weighted by molar-refractivity contribution is 0.439. The Morgan fingerprint density at radius 1 is 0.864 bits per heavy atom. The lowest BCUT2D eigenvalue weighted by Gasteiger charge is -2.30. The summed E-state index contributed by atoms with van der Waals surface area (Å²) < 4.78 is 0. The van der Waals surface area contributed by atoms with E-state index in [1.54, 1.807) is 0 Å². The summed E-state index contributed by atoms with van der Waals surface area (Å²) in [7, 11) is 0. The molecule has 2 heteroatoms. The van der Waals surface area contributed by atoms with Crippen LogP contribution < -0.4 is 11.5 Å². The molecule has 0 saturated heterocycles. The third-order valence-electron chi connectivity index (χ3n) is 6.00. The summed E-state index contributed by atoms with van der Waals surface area (Å²) in [4.78, 5) is 0. The van der Waals surface area contributed by atoms with Crippen molar-refractivity contribution in [1.82, 2.24) is 0 Å². The molecular formula is C20H32N2. The van der Waals surface area contributed by atoms with Crippen molar-refractivity contribution in [2.45, 2.75) is 89.4 Å². The van der Waals surface area contributed by atoms with Crippen LogP contribution in [0.25, 0.3) is 0 Å². The number of nitrogens with two attached hydrogens (primary N) is 2. The lowest BCUT2D eigenvalue weighted by Crippen LogP contribution is -2.15. The number of nitrogen functional groups attached to an aromatic ring is 2. The van der Waals surface area contributed by atoms with Gasteiger partial charge in [0.2, 0.25) is 0 Å². The first-order valence-electron chi connectivity index (χ1n) is 9.43. The second-order valence-corrected chi connectivity index (χ2v) is 7.38. The average Bonchev–Trinajstić information content (AvgIpc) is 2.56. The topological polar surface area (TPSA) is 52.0 Å². The van der Waals surface area contributed by atoms with Gasteiger partial charge in [0, 0.05) is 16.9 Å². The molecule has 2 aliphatic carbocycles. The standard InChI is InChI=1S/C20H32N2/c1-2-16-17(14-9-5-3-6-10-14)13-18(21)19(20(16)22)15-11-7-4-8-12-15/h13-15H,2-12,21-22H2,1H3. The van der Waals surface area contributed by atoms with Gasteiger partial charge in [0.15, 0.2) is 0 Å². The van der Waals surface area contributed by atoms with Crippen molar-refractivity contribution in [2.24, 2.45) is 0 Å². The van der Waals surface area contributed by atoms with E-state index in [1.165, 1.54) is 80.9 Å². The Morgan fingerprint density at radius 3 is 1.95 bits per heavy atom. The molecule has 2 aliphatic rings. The minimum Gasteiger partial charge on any atom is -0.398 e. The fourth-order valence-electron chi connectivity index (χ4n) is 4.83. The molecule has 0 atom stereocenters. The zero-order valence-electron chi connectivity index (χ0n) is 14.2. The van der Waals surface area contributed by atoms with E-state index in [9.17, 15) is 0 Å². The van der Waals surface area contributed by atoms with E-state index in [-0.39, 0.29) is 0 Å². The van der Waals surface area contributed by atoms with Gasteiger partial charge in [-0.3, -0.25) is 0 Å². The van der Waals surface area contributed by atoms with E-state index in [0.717, 1.165) is 17.8 Å². The van der Waals surface area contributed by atoms with Crippen LogP contribution in [0.1, 0.15) is 99.7 Å². The molecule has 0 unspecified atom stereocenters. The highest BCUT2D eigenvalue weighted by atomic mass is 14.6. The molecule has 1 aromatic carbocycles. The number of hydrogen-bond acceptors (Lipinski definition) is 2. The van der Waals surface area contributed by atoms with Crippen molar-refractivity contribution in [3.63, 3.8) is 0 Å². The predicted molar refractivity (Wildman–Crippen MR) is 96.3 cm³/mol. The fourth-order valence-corrected chi connectivity index (χ4v) is 4.83.